The van der Waals surface area contributed by atoms with Crippen molar-refractivity contribution in [2.45, 2.75) is 65.5 Å². The van der Waals surface area contributed by atoms with Crippen molar-refractivity contribution in [3.05, 3.63) is 11.6 Å². The minimum atomic E-state index is -0.493. The Morgan fingerprint density at radius 1 is 1.26 bits per heavy atom. The zero-order valence-corrected chi connectivity index (χ0v) is 15.8. The monoisotopic (exact) mass is 365 g/mol. The number of aromatic nitrogens is 3. The van der Waals surface area contributed by atoms with E-state index in [1.54, 1.807) is 0 Å². The number of fused-ring (bicyclic) bond motifs is 1. The highest BCUT2D eigenvalue weighted by molar-refractivity contribution is 5.85. The molecule has 1 atom stereocenters. The lowest BCUT2D eigenvalue weighted by Crippen LogP contribution is -2.49. The third kappa shape index (κ3) is 5.94. The fourth-order valence-electron chi connectivity index (χ4n) is 2.53. The molecule has 1 aliphatic heterocycles. The van der Waals surface area contributed by atoms with Crippen LogP contribution in [0.4, 0.5) is 0 Å². The Hall–Kier alpha value is -0.850. The lowest BCUT2D eigenvalue weighted by atomic mass is 9.87. The second-order valence-corrected chi connectivity index (χ2v) is 6.88. The Bertz CT molecular complexity index is 499. The van der Waals surface area contributed by atoms with Crippen LogP contribution in [0.2, 0.25) is 0 Å². The van der Waals surface area contributed by atoms with Gasteiger partial charge in [-0.25, -0.2) is 0 Å². The topological polar surface area (TPSA) is 85.8 Å². The van der Waals surface area contributed by atoms with Gasteiger partial charge in [0.1, 0.15) is 11.6 Å². The third-order valence-electron chi connectivity index (χ3n) is 4.05. The van der Waals surface area contributed by atoms with E-state index in [1.165, 1.54) is 19.3 Å². The molecule has 0 aliphatic carbocycles. The Kier molecular flexibility index (Phi) is 9.10. The van der Waals surface area contributed by atoms with Crippen LogP contribution in [-0.4, -0.2) is 33.3 Å². The Morgan fingerprint density at radius 3 is 2.61 bits per heavy atom. The molecule has 0 unspecified atom stereocenters. The summed E-state index contributed by atoms with van der Waals surface area (Å²) in [5, 5.41) is 11.4. The lowest BCUT2D eigenvalue weighted by Gasteiger charge is -2.25. The standard InChI is InChI=1S/C15H27N5O.2ClH/c1-15(2,3)13(16)14(21)17-9-8-12-19-18-11-7-5-4-6-10-20(11)12;;/h13H,4-10,16H2,1-3H3,(H,17,21);2*1H/t13-;;/m1../s1. The van der Waals surface area contributed by atoms with Crippen molar-refractivity contribution < 1.29 is 4.79 Å². The number of halogens is 2. The SMILES string of the molecule is CC(C)(C)[C@H](N)C(=O)NCCc1nnc2n1CCCCC2.Cl.Cl. The molecule has 0 bridgehead atoms. The van der Waals surface area contributed by atoms with Crippen molar-refractivity contribution in [1.29, 1.82) is 0 Å². The zero-order valence-electron chi connectivity index (χ0n) is 14.2. The van der Waals surface area contributed by atoms with Gasteiger partial charge in [-0.1, -0.05) is 27.2 Å². The van der Waals surface area contributed by atoms with Gasteiger partial charge in [0.15, 0.2) is 0 Å². The Labute approximate surface area is 150 Å². The Morgan fingerprint density at radius 2 is 1.96 bits per heavy atom. The van der Waals surface area contributed by atoms with Crippen LogP contribution < -0.4 is 11.1 Å². The number of nitrogens with one attached hydrogen (secondary N) is 1. The summed E-state index contributed by atoms with van der Waals surface area (Å²) in [6.45, 7) is 7.45. The molecule has 0 saturated heterocycles. The molecule has 1 aromatic heterocycles. The van der Waals surface area contributed by atoms with E-state index in [0.29, 0.717) is 13.0 Å². The van der Waals surface area contributed by atoms with Gasteiger partial charge in [-0.3, -0.25) is 4.79 Å². The first kappa shape index (κ1) is 22.1. The van der Waals surface area contributed by atoms with E-state index < -0.39 is 6.04 Å². The number of hydrogen-bond donors (Lipinski definition) is 2. The van der Waals surface area contributed by atoms with Gasteiger partial charge in [0.25, 0.3) is 0 Å². The van der Waals surface area contributed by atoms with Crippen molar-refractivity contribution in [1.82, 2.24) is 20.1 Å². The van der Waals surface area contributed by atoms with Gasteiger partial charge in [0, 0.05) is 25.9 Å². The molecule has 2 rings (SSSR count). The van der Waals surface area contributed by atoms with Crippen LogP contribution in [0.25, 0.3) is 0 Å². The van der Waals surface area contributed by atoms with Gasteiger partial charge in [-0.05, 0) is 18.3 Å². The fourth-order valence-corrected chi connectivity index (χ4v) is 2.53. The highest BCUT2D eigenvalue weighted by Crippen LogP contribution is 2.17. The molecule has 0 fully saturated rings. The molecular formula is C15H29Cl2N5O. The number of hydrogen-bond acceptors (Lipinski definition) is 4. The van der Waals surface area contributed by atoms with Crippen LogP contribution in [0.15, 0.2) is 0 Å². The number of nitrogens with two attached hydrogens (primary N) is 1. The molecule has 8 heteroatoms. The number of rotatable bonds is 4. The van der Waals surface area contributed by atoms with Crippen molar-refractivity contribution in [2.24, 2.45) is 11.1 Å². The van der Waals surface area contributed by atoms with Crippen molar-refractivity contribution in [3.63, 3.8) is 0 Å². The summed E-state index contributed by atoms with van der Waals surface area (Å²) >= 11 is 0. The van der Waals surface area contributed by atoms with E-state index in [9.17, 15) is 4.79 Å². The summed E-state index contributed by atoms with van der Waals surface area (Å²) in [7, 11) is 0. The van der Waals surface area contributed by atoms with Crippen LogP contribution in [0.1, 0.15) is 51.7 Å². The largest absolute Gasteiger partial charge is 0.354 e. The molecule has 23 heavy (non-hydrogen) atoms. The van der Waals surface area contributed by atoms with Gasteiger partial charge in [-0.15, -0.1) is 35.0 Å². The summed E-state index contributed by atoms with van der Waals surface area (Å²) < 4.78 is 2.21. The van der Waals surface area contributed by atoms with E-state index in [1.807, 2.05) is 20.8 Å². The van der Waals surface area contributed by atoms with Crippen molar-refractivity contribution >= 4 is 30.7 Å². The second kappa shape index (κ2) is 9.45. The lowest BCUT2D eigenvalue weighted by molar-refractivity contribution is -0.124. The molecule has 1 amide bonds. The quantitative estimate of drug-likeness (QED) is 0.852. The molecule has 0 saturated carbocycles. The second-order valence-electron chi connectivity index (χ2n) is 6.88. The molecule has 134 valence electrons. The average molecular weight is 366 g/mol. The fraction of sp³-hybridized carbons (Fsp3) is 0.800. The minimum absolute atomic E-state index is 0. The molecule has 6 nitrogen and oxygen atoms in total. The maximum atomic E-state index is 12.0. The van der Waals surface area contributed by atoms with Crippen molar-refractivity contribution in [3.8, 4) is 0 Å². The molecule has 1 aromatic rings. The predicted molar refractivity (Wildman–Crippen MR) is 96.2 cm³/mol. The maximum Gasteiger partial charge on any atom is 0.237 e. The van der Waals surface area contributed by atoms with Gasteiger partial charge in [-0.2, -0.15) is 0 Å². The van der Waals surface area contributed by atoms with Crippen LogP contribution in [-0.2, 0) is 24.2 Å². The number of amides is 1. The first-order valence-corrected chi connectivity index (χ1v) is 7.84. The highest BCUT2D eigenvalue weighted by Gasteiger charge is 2.27. The molecule has 0 spiro atoms. The molecule has 1 aliphatic rings. The maximum absolute atomic E-state index is 12.0. The van der Waals surface area contributed by atoms with E-state index in [2.05, 4.69) is 20.1 Å². The van der Waals surface area contributed by atoms with Crippen LogP contribution in [0.3, 0.4) is 0 Å². The minimum Gasteiger partial charge on any atom is -0.354 e. The van der Waals surface area contributed by atoms with Gasteiger partial charge in [0.05, 0.1) is 6.04 Å². The summed E-state index contributed by atoms with van der Waals surface area (Å²) in [5.74, 6) is 1.95. The zero-order chi connectivity index (χ0) is 15.5. The van der Waals surface area contributed by atoms with Gasteiger partial charge < -0.3 is 15.6 Å². The number of aryl methyl sites for hydroxylation is 1. The first-order chi connectivity index (χ1) is 9.89. The molecular weight excluding hydrogens is 337 g/mol. The summed E-state index contributed by atoms with van der Waals surface area (Å²) in [6, 6.07) is -0.493. The first-order valence-electron chi connectivity index (χ1n) is 7.84. The summed E-state index contributed by atoms with van der Waals surface area (Å²) in [5.41, 5.74) is 5.71. The highest BCUT2D eigenvalue weighted by atomic mass is 35.5. The van der Waals surface area contributed by atoms with Crippen molar-refractivity contribution in [2.75, 3.05) is 6.54 Å². The smallest absolute Gasteiger partial charge is 0.237 e. The molecule has 3 N–H and O–H groups in total. The number of carbonyl (C=O) groups is 1. The van der Waals surface area contributed by atoms with Gasteiger partial charge in [0.2, 0.25) is 5.91 Å². The predicted octanol–water partition coefficient (Wildman–Crippen LogP) is 1.88. The number of carbonyl (C=O) groups excluding carboxylic acids is 1. The van der Waals surface area contributed by atoms with E-state index >= 15 is 0 Å². The molecule has 0 radical (unpaired) electrons. The Balaban J connectivity index is 0.00000242. The average Bonchev–Trinajstić information content (AvgIpc) is 2.65. The normalized spacial score (nSPS) is 15.5. The van der Waals surface area contributed by atoms with E-state index in [0.717, 1.165) is 24.6 Å². The summed E-state index contributed by atoms with van der Waals surface area (Å²) in [6.07, 6.45) is 5.33. The third-order valence-corrected chi connectivity index (χ3v) is 4.05. The van der Waals surface area contributed by atoms with E-state index in [-0.39, 0.29) is 36.1 Å². The number of nitrogens with zero attached hydrogens (tertiary/aromatic N) is 3. The van der Waals surface area contributed by atoms with Gasteiger partial charge >= 0.3 is 0 Å². The molecule has 0 aromatic carbocycles. The van der Waals surface area contributed by atoms with Crippen LogP contribution >= 0.6 is 24.8 Å². The van der Waals surface area contributed by atoms with Crippen LogP contribution in [0.5, 0.6) is 0 Å². The van der Waals surface area contributed by atoms with E-state index in [4.69, 9.17) is 5.73 Å². The molecule has 2 heterocycles. The summed E-state index contributed by atoms with van der Waals surface area (Å²) in [4.78, 5) is 12.0. The van der Waals surface area contributed by atoms with Crippen LogP contribution in [0, 0.1) is 5.41 Å².